The van der Waals surface area contributed by atoms with Gasteiger partial charge in [-0.3, -0.25) is 15.0 Å². The highest BCUT2D eigenvalue weighted by Crippen LogP contribution is 2.35. The summed E-state index contributed by atoms with van der Waals surface area (Å²) in [6.07, 6.45) is 0.763. The van der Waals surface area contributed by atoms with Gasteiger partial charge in [-0.05, 0) is 18.5 Å². The lowest BCUT2D eigenvalue weighted by Gasteiger charge is -2.47. The van der Waals surface area contributed by atoms with Crippen molar-refractivity contribution in [3.8, 4) is 0 Å². The fourth-order valence-electron chi connectivity index (χ4n) is 3.19. The number of nitrogens with zero attached hydrogens (tertiary/aromatic N) is 2. The molecule has 3 amide bonds. The molecule has 6 heteroatoms. The Morgan fingerprint density at radius 3 is 2.68 bits per heavy atom. The summed E-state index contributed by atoms with van der Waals surface area (Å²) >= 11 is 1.82. The molecule has 118 valence electrons. The predicted octanol–water partition coefficient (Wildman–Crippen LogP) is 1.75. The Balaban J connectivity index is 1.74. The van der Waals surface area contributed by atoms with Crippen LogP contribution in [-0.2, 0) is 10.5 Å². The van der Waals surface area contributed by atoms with Crippen molar-refractivity contribution in [1.82, 2.24) is 15.1 Å². The largest absolute Gasteiger partial charge is 0.327 e. The van der Waals surface area contributed by atoms with E-state index in [1.165, 1.54) is 10.5 Å². The molecule has 0 spiro atoms. The number of hydrogen-bond acceptors (Lipinski definition) is 4. The number of thioether (sulfide) groups is 1. The third kappa shape index (κ3) is 2.73. The van der Waals surface area contributed by atoms with Crippen molar-refractivity contribution in [2.24, 2.45) is 5.92 Å². The summed E-state index contributed by atoms with van der Waals surface area (Å²) < 4.78 is 0. The number of urea groups is 1. The van der Waals surface area contributed by atoms with E-state index in [0.29, 0.717) is 0 Å². The van der Waals surface area contributed by atoms with E-state index in [4.69, 9.17) is 0 Å². The Morgan fingerprint density at radius 2 is 1.95 bits per heavy atom. The first-order chi connectivity index (χ1) is 10.6. The molecule has 2 heterocycles. The van der Waals surface area contributed by atoms with Gasteiger partial charge in [0.15, 0.2) is 0 Å². The second-order valence-corrected chi connectivity index (χ2v) is 7.07. The van der Waals surface area contributed by atoms with Crippen LogP contribution in [0.1, 0.15) is 12.0 Å². The number of hydrogen-bond donors (Lipinski definition) is 1. The summed E-state index contributed by atoms with van der Waals surface area (Å²) in [4.78, 5) is 27.5. The zero-order valence-corrected chi connectivity index (χ0v) is 13.7. The molecule has 3 unspecified atom stereocenters. The standard InChI is InChI=1S/C16H21N3O2S/c1-18-14-13(15(20)19(2)16(18)21)12(8-9-17-14)22-10-11-6-4-3-5-7-11/h3-7,12-14,17H,8-10H2,1-2H3. The SMILES string of the molecule is CN1C(=O)C2C(SCc3ccccc3)CCNC2N(C)C1=O. The number of carbonyl (C=O) groups excluding carboxylic acids is 2. The molecular formula is C16H21N3O2S. The summed E-state index contributed by atoms with van der Waals surface area (Å²) in [5.41, 5.74) is 1.27. The molecule has 0 aromatic heterocycles. The number of piperidine rings is 1. The van der Waals surface area contributed by atoms with Crippen LogP contribution in [0.3, 0.4) is 0 Å². The molecule has 0 radical (unpaired) electrons. The number of benzene rings is 1. The van der Waals surface area contributed by atoms with Gasteiger partial charge in [0, 0.05) is 25.1 Å². The maximum atomic E-state index is 12.6. The molecular weight excluding hydrogens is 298 g/mol. The van der Waals surface area contributed by atoms with Gasteiger partial charge in [0.25, 0.3) is 0 Å². The highest BCUT2D eigenvalue weighted by Gasteiger charge is 2.48. The monoisotopic (exact) mass is 319 g/mol. The van der Waals surface area contributed by atoms with E-state index in [-0.39, 0.29) is 29.3 Å². The van der Waals surface area contributed by atoms with Crippen molar-refractivity contribution in [2.45, 2.75) is 23.6 Å². The van der Waals surface area contributed by atoms with Crippen LogP contribution >= 0.6 is 11.8 Å². The first kappa shape index (κ1) is 15.4. The normalized spacial score (nSPS) is 28.7. The number of fused-ring (bicyclic) bond motifs is 1. The Kier molecular flexibility index (Phi) is 4.40. The second kappa shape index (κ2) is 6.30. The van der Waals surface area contributed by atoms with E-state index in [2.05, 4.69) is 17.4 Å². The van der Waals surface area contributed by atoms with Crippen LogP contribution in [0.15, 0.2) is 30.3 Å². The summed E-state index contributed by atoms with van der Waals surface area (Å²) in [6, 6.07) is 10.1. The molecule has 0 aliphatic carbocycles. The molecule has 2 fully saturated rings. The Morgan fingerprint density at radius 1 is 1.23 bits per heavy atom. The lowest BCUT2D eigenvalue weighted by atomic mass is 9.91. The summed E-state index contributed by atoms with van der Waals surface area (Å²) in [5.74, 6) is 0.657. The molecule has 2 aliphatic rings. The Hall–Kier alpha value is -1.53. The van der Waals surface area contributed by atoms with Crippen molar-refractivity contribution < 1.29 is 9.59 Å². The highest BCUT2D eigenvalue weighted by atomic mass is 32.2. The molecule has 1 aromatic rings. The van der Waals surface area contributed by atoms with E-state index in [1.807, 2.05) is 30.0 Å². The lowest BCUT2D eigenvalue weighted by Crippen LogP contribution is -2.68. The van der Waals surface area contributed by atoms with Crippen LogP contribution in [0.2, 0.25) is 0 Å². The van der Waals surface area contributed by atoms with Crippen LogP contribution in [0.4, 0.5) is 4.79 Å². The van der Waals surface area contributed by atoms with E-state index in [1.54, 1.807) is 19.0 Å². The number of imide groups is 1. The summed E-state index contributed by atoms with van der Waals surface area (Å²) in [5, 5.41) is 3.56. The van der Waals surface area contributed by atoms with E-state index < -0.39 is 0 Å². The average Bonchev–Trinajstić information content (AvgIpc) is 2.56. The lowest BCUT2D eigenvalue weighted by molar-refractivity contribution is -0.138. The number of amides is 3. The van der Waals surface area contributed by atoms with E-state index in [9.17, 15) is 9.59 Å². The first-order valence-electron chi connectivity index (χ1n) is 7.53. The average molecular weight is 319 g/mol. The van der Waals surface area contributed by atoms with Crippen LogP contribution < -0.4 is 5.32 Å². The van der Waals surface area contributed by atoms with Gasteiger partial charge in [-0.15, -0.1) is 0 Å². The van der Waals surface area contributed by atoms with Crippen LogP contribution in [0.5, 0.6) is 0 Å². The molecule has 22 heavy (non-hydrogen) atoms. The zero-order chi connectivity index (χ0) is 15.7. The molecule has 0 saturated carbocycles. The molecule has 0 bridgehead atoms. The second-order valence-electron chi connectivity index (χ2n) is 5.84. The molecule has 3 atom stereocenters. The smallest absolute Gasteiger partial charge is 0.311 e. The van der Waals surface area contributed by atoms with Crippen LogP contribution in [0, 0.1) is 5.92 Å². The Bertz CT molecular complexity index is 566. The number of rotatable bonds is 3. The predicted molar refractivity (Wildman–Crippen MR) is 87.4 cm³/mol. The van der Waals surface area contributed by atoms with Gasteiger partial charge in [-0.25, -0.2) is 4.79 Å². The van der Waals surface area contributed by atoms with Crippen molar-refractivity contribution in [3.63, 3.8) is 0 Å². The third-order valence-electron chi connectivity index (χ3n) is 4.45. The van der Waals surface area contributed by atoms with Gasteiger partial charge in [-0.2, -0.15) is 11.8 Å². The van der Waals surface area contributed by atoms with Crippen LogP contribution in [-0.4, -0.2) is 53.8 Å². The fraction of sp³-hybridized carbons (Fsp3) is 0.500. The number of carbonyl (C=O) groups is 2. The highest BCUT2D eigenvalue weighted by molar-refractivity contribution is 7.99. The van der Waals surface area contributed by atoms with Gasteiger partial charge < -0.3 is 4.90 Å². The van der Waals surface area contributed by atoms with Crippen molar-refractivity contribution >= 4 is 23.7 Å². The third-order valence-corrected chi connectivity index (χ3v) is 5.91. The van der Waals surface area contributed by atoms with Crippen molar-refractivity contribution in [2.75, 3.05) is 20.6 Å². The fourth-order valence-corrected chi connectivity index (χ4v) is 4.55. The molecule has 5 nitrogen and oxygen atoms in total. The maximum absolute atomic E-state index is 12.6. The van der Waals surface area contributed by atoms with Crippen molar-refractivity contribution in [3.05, 3.63) is 35.9 Å². The van der Waals surface area contributed by atoms with Gasteiger partial charge >= 0.3 is 6.03 Å². The van der Waals surface area contributed by atoms with Gasteiger partial charge in [0.1, 0.15) is 0 Å². The maximum Gasteiger partial charge on any atom is 0.327 e. The Labute approximate surface area is 135 Å². The minimum Gasteiger partial charge on any atom is -0.311 e. The summed E-state index contributed by atoms with van der Waals surface area (Å²) in [6.45, 7) is 0.836. The first-order valence-corrected chi connectivity index (χ1v) is 8.57. The molecule has 3 rings (SSSR count). The molecule has 2 saturated heterocycles. The summed E-state index contributed by atoms with van der Waals surface area (Å²) in [7, 11) is 3.34. The quantitative estimate of drug-likeness (QED) is 0.922. The molecule has 1 N–H and O–H groups in total. The van der Waals surface area contributed by atoms with Gasteiger partial charge in [-0.1, -0.05) is 30.3 Å². The van der Waals surface area contributed by atoms with Crippen LogP contribution in [0.25, 0.3) is 0 Å². The van der Waals surface area contributed by atoms with E-state index in [0.717, 1.165) is 18.7 Å². The number of nitrogens with one attached hydrogen (secondary N) is 1. The minimum absolute atomic E-state index is 0.0640. The molecule has 2 aliphatic heterocycles. The molecule has 1 aromatic carbocycles. The van der Waals surface area contributed by atoms with Crippen molar-refractivity contribution in [1.29, 1.82) is 0 Å². The minimum atomic E-state index is -0.229. The topological polar surface area (TPSA) is 52.7 Å². The van der Waals surface area contributed by atoms with E-state index >= 15 is 0 Å². The zero-order valence-electron chi connectivity index (χ0n) is 12.9. The van der Waals surface area contributed by atoms with Gasteiger partial charge in [0.2, 0.25) is 5.91 Å². The van der Waals surface area contributed by atoms with Gasteiger partial charge in [0.05, 0.1) is 12.1 Å².